The number of amides is 1. The van der Waals surface area contributed by atoms with Crippen molar-refractivity contribution in [3.8, 4) is 0 Å². The van der Waals surface area contributed by atoms with Gasteiger partial charge in [-0.1, -0.05) is 38.1 Å². The Kier molecular flexibility index (Phi) is 10.8. The molecule has 0 spiro atoms. The van der Waals surface area contributed by atoms with E-state index in [1.165, 1.54) is 0 Å². The Morgan fingerprint density at radius 3 is 2.47 bits per heavy atom. The number of rotatable bonds is 12. The molecule has 168 valence electrons. The SMILES string of the molecule is CC(C)CC(NCc1ccc(CCC(=O)NO)cc1)C(=O)OCCN1CCOCC1. The Morgan fingerprint density at radius 1 is 1.17 bits per heavy atom. The molecule has 0 saturated carbocycles. The van der Waals surface area contributed by atoms with Gasteiger partial charge in [0.1, 0.15) is 12.6 Å². The lowest BCUT2D eigenvalue weighted by atomic mass is 10.0. The van der Waals surface area contributed by atoms with Crippen LogP contribution in [0.2, 0.25) is 0 Å². The first-order chi connectivity index (χ1) is 14.5. The van der Waals surface area contributed by atoms with Gasteiger partial charge in [0.25, 0.3) is 0 Å². The zero-order valence-corrected chi connectivity index (χ0v) is 18.1. The van der Waals surface area contributed by atoms with Crippen LogP contribution in [0.5, 0.6) is 0 Å². The summed E-state index contributed by atoms with van der Waals surface area (Å²) in [6.07, 6.45) is 1.51. The summed E-state index contributed by atoms with van der Waals surface area (Å²) in [6, 6.07) is 7.53. The average Bonchev–Trinajstić information content (AvgIpc) is 2.76. The van der Waals surface area contributed by atoms with Crippen molar-refractivity contribution < 1.29 is 24.3 Å². The summed E-state index contributed by atoms with van der Waals surface area (Å²) in [5.74, 6) is -0.234. The smallest absolute Gasteiger partial charge is 0.323 e. The summed E-state index contributed by atoms with van der Waals surface area (Å²) in [7, 11) is 0. The molecule has 3 N–H and O–H groups in total. The minimum Gasteiger partial charge on any atom is -0.463 e. The van der Waals surface area contributed by atoms with Gasteiger partial charge < -0.3 is 14.8 Å². The maximum atomic E-state index is 12.6. The monoisotopic (exact) mass is 421 g/mol. The molecule has 1 aromatic rings. The molecule has 0 bridgehead atoms. The number of hydrogen-bond donors (Lipinski definition) is 3. The lowest BCUT2D eigenvalue weighted by Gasteiger charge is -2.26. The lowest BCUT2D eigenvalue weighted by molar-refractivity contribution is -0.147. The number of nitrogens with one attached hydrogen (secondary N) is 2. The lowest BCUT2D eigenvalue weighted by Crippen LogP contribution is -2.41. The molecule has 1 fully saturated rings. The fourth-order valence-corrected chi connectivity index (χ4v) is 3.31. The van der Waals surface area contributed by atoms with Gasteiger partial charge in [0.2, 0.25) is 5.91 Å². The Morgan fingerprint density at radius 2 is 1.83 bits per heavy atom. The van der Waals surface area contributed by atoms with Crippen LogP contribution in [0.1, 0.15) is 37.8 Å². The van der Waals surface area contributed by atoms with E-state index in [0.717, 1.165) is 44.0 Å². The minimum atomic E-state index is -0.399. The minimum absolute atomic E-state index is 0.205. The first-order valence-corrected chi connectivity index (χ1v) is 10.7. The van der Waals surface area contributed by atoms with Crippen molar-refractivity contribution in [3.05, 3.63) is 35.4 Å². The molecule has 1 aromatic carbocycles. The maximum absolute atomic E-state index is 12.6. The second kappa shape index (κ2) is 13.3. The van der Waals surface area contributed by atoms with Crippen LogP contribution >= 0.6 is 0 Å². The standard InChI is InChI=1S/C22H35N3O5/c1-17(2)15-20(22(27)30-14-11-25-9-12-29-13-10-25)23-16-19-5-3-18(4-6-19)7-8-21(26)24-28/h3-6,17,20,23,28H,7-16H2,1-2H3,(H,24,26). The van der Waals surface area contributed by atoms with E-state index in [1.54, 1.807) is 5.48 Å². The molecule has 0 radical (unpaired) electrons. The fraction of sp³-hybridized carbons (Fsp3) is 0.636. The first kappa shape index (κ1) is 24.3. The third kappa shape index (κ3) is 9.21. The maximum Gasteiger partial charge on any atom is 0.323 e. The molecule has 1 unspecified atom stereocenters. The number of esters is 1. The van der Waals surface area contributed by atoms with Crippen LogP contribution in [0.4, 0.5) is 0 Å². The fourth-order valence-electron chi connectivity index (χ4n) is 3.31. The molecule has 1 atom stereocenters. The summed E-state index contributed by atoms with van der Waals surface area (Å²) in [5.41, 5.74) is 3.71. The third-order valence-corrected chi connectivity index (χ3v) is 5.09. The topological polar surface area (TPSA) is 100 Å². The van der Waals surface area contributed by atoms with Crippen LogP contribution in [0, 0.1) is 5.92 Å². The van der Waals surface area contributed by atoms with E-state index in [4.69, 9.17) is 14.7 Å². The van der Waals surface area contributed by atoms with Gasteiger partial charge in [-0.2, -0.15) is 0 Å². The molecule has 8 nitrogen and oxygen atoms in total. The second-order valence-corrected chi connectivity index (χ2v) is 8.04. The van der Waals surface area contributed by atoms with Crippen molar-refractivity contribution >= 4 is 11.9 Å². The van der Waals surface area contributed by atoms with Gasteiger partial charge in [-0.25, -0.2) is 5.48 Å². The molecule has 0 aromatic heterocycles. The molecule has 0 aliphatic carbocycles. The molecular formula is C22H35N3O5. The van der Waals surface area contributed by atoms with E-state index in [1.807, 2.05) is 24.3 Å². The Balaban J connectivity index is 1.78. The summed E-state index contributed by atoms with van der Waals surface area (Å²) in [4.78, 5) is 26.0. The molecule has 1 heterocycles. The number of carbonyl (C=O) groups is 2. The van der Waals surface area contributed by atoms with E-state index < -0.39 is 5.91 Å². The van der Waals surface area contributed by atoms with Crippen molar-refractivity contribution in [3.63, 3.8) is 0 Å². The van der Waals surface area contributed by atoms with Crippen molar-refractivity contribution in [1.29, 1.82) is 0 Å². The van der Waals surface area contributed by atoms with Gasteiger partial charge in [-0.05, 0) is 29.9 Å². The highest BCUT2D eigenvalue weighted by molar-refractivity contribution is 5.75. The van der Waals surface area contributed by atoms with E-state index in [2.05, 4.69) is 24.1 Å². The van der Waals surface area contributed by atoms with Gasteiger partial charge in [-0.15, -0.1) is 0 Å². The molecular weight excluding hydrogens is 386 g/mol. The van der Waals surface area contributed by atoms with Gasteiger partial charge in [0.05, 0.1) is 13.2 Å². The predicted octanol–water partition coefficient (Wildman–Crippen LogP) is 1.50. The first-order valence-electron chi connectivity index (χ1n) is 10.7. The van der Waals surface area contributed by atoms with E-state index >= 15 is 0 Å². The van der Waals surface area contributed by atoms with Crippen LogP contribution < -0.4 is 10.8 Å². The van der Waals surface area contributed by atoms with Crippen LogP contribution in [-0.4, -0.2) is 67.5 Å². The van der Waals surface area contributed by atoms with Crippen LogP contribution in [0.15, 0.2) is 24.3 Å². The van der Waals surface area contributed by atoms with E-state index in [0.29, 0.717) is 31.9 Å². The summed E-state index contributed by atoms with van der Waals surface area (Å²) in [6.45, 7) is 9.10. The quantitative estimate of drug-likeness (QED) is 0.267. The highest BCUT2D eigenvalue weighted by Gasteiger charge is 2.21. The van der Waals surface area contributed by atoms with Gasteiger partial charge in [-0.3, -0.25) is 19.7 Å². The normalized spacial score (nSPS) is 15.7. The van der Waals surface area contributed by atoms with Crippen LogP contribution in [-0.2, 0) is 32.0 Å². The molecule has 2 rings (SSSR count). The predicted molar refractivity (Wildman–Crippen MR) is 113 cm³/mol. The molecule has 1 saturated heterocycles. The van der Waals surface area contributed by atoms with Crippen molar-refractivity contribution in [2.24, 2.45) is 5.92 Å². The number of benzene rings is 1. The number of hydrogen-bond acceptors (Lipinski definition) is 7. The van der Waals surface area contributed by atoms with Gasteiger partial charge in [0.15, 0.2) is 0 Å². The molecule has 1 amide bonds. The zero-order valence-electron chi connectivity index (χ0n) is 18.1. The molecule has 8 heteroatoms. The van der Waals surface area contributed by atoms with Crippen molar-refractivity contribution in [2.75, 3.05) is 39.5 Å². The van der Waals surface area contributed by atoms with Crippen LogP contribution in [0.25, 0.3) is 0 Å². The highest BCUT2D eigenvalue weighted by atomic mass is 16.5. The highest BCUT2D eigenvalue weighted by Crippen LogP contribution is 2.10. The summed E-state index contributed by atoms with van der Waals surface area (Å²) < 4.78 is 10.9. The number of aryl methyl sites for hydroxylation is 1. The Bertz CT molecular complexity index is 645. The largest absolute Gasteiger partial charge is 0.463 e. The van der Waals surface area contributed by atoms with Crippen molar-refractivity contribution in [2.45, 2.75) is 45.7 Å². The van der Waals surface area contributed by atoms with E-state index in [-0.39, 0.29) is 18.4 Å². The van der Waals surface area contributed by atoms with E-state index in [9.17, 15) is 9.59 Å². The molecule has 30 heavy (non-hydrogen) atoms. The molecule has 1 aliphatic rings. The Hall–Kier alpha value is -2.00. The summed E-state index contributed by atoms with van der Waals surface area (Å²) in [5, 5.41) is 11.9. The van der Waals surface area contributed by atoms with Crippen LogP contribution in [0.3, 0.4) is 0 Å². The third-order valence-electron chi connectivity index (χ3n) is 5.09. The summed E-state index contributed by atoms with van der Waals surface area (Å²) >= 11 is 0. The molecule has 1 aliphatic heterocycles. The second-order valence-electron chi connectivity index (χ2n) is 8.04. The number of carbonyl (C=O) groups excluding carboxylic acids is 2. The zero-order chi connectivity index (χ0) is 21.8. The number of nitrogens with zero attached hydrogens (tertiary/aromatic N) is 1. The van der Waals surface area contributed by atoms with Gasteiger partial charge in [0, 0.05) is 32.6 Å². The number of morpholine rings is 1. The number of ether oxygens (including phenoxy) is 2. The number of hydroxylamine groups is 1. The van der Waals surface area contributed by atoms with Crippen molar-refractivity contribution in [1.82, 2.24) is 15.7 Å². The Labute approximate surface area is 178 Å². The average molecular weight is 422 g/mol. The van der Waals surface area contributed by atoms with Gasteiger partial charge >= 0.3 is 5.97 Å².